The fourth-order valence-corrected chi connectivity index (χ4v) is 2.30. The maximum Gasteiger partial charge on any atom is 0.302 e. The van der Waals surface area contributed by atoms with Crippen molar-refractivity contribution in [2.24, 2.45) is 0 Å². The maximum atomic E-state index is 10.8. The molecule has 17 heavy (non-hydrogen) atoms. The highest BCUT2D eigenvalue weighted by Gasteiger charge is 2.08. The molecule has 0 saturated heterocycles. The molecule has 102 valence electrons. The summed E-state index contributed by atoms with van der Waals surface area (Å²) in [4.78, 5) is 10.8. The average Bonchev–Trinajstić information content (AvgIpc) is 2.30. The van der Waals surface area contributed by atoms with Crippen LogP contribution in [0.1, 0.15) is 71.6 Å². The van der Waals surface area contributed by atoms with E-state index in [0.29, 0.717) is 0 Å². The SMILES string of the molecule is CCCCCCCCCCC(CP)OC(C)=O. The van der Waals surface area contributed by atoms with E-state index >= 15 is 0 Å². The van der Waals surface area contributed by atoms with Crippen molar-refractivity contribution in [2.45, 2.75) is 77.7 Å². The average molecular weight is 260 g/mol. The van der Waals surface area contributed by atoms with Crippen molar-refractivity contribution in [2.75, 3.05) is 6.16 Å². The van der Waals surface area contributed by atoms with Gasteiger partial charge in [0, 0.05) is 6.92 Å². The summed E-state index contributed by atoms with van der Waals surface area (Å²) in [5, 5.41) is 0. The minimum atomic E-state index is -0.156. The molecule has 0 aliphatic carbocycles. The van der Waals surface area contributed by atoms with Crippen LogP contribution >= 0.6 is 9.24 Å². The van der Waals surface area contributed by atoms with Crippen LogP contribution in [-0.2, 0) is 9.53 Å². The highest BCUT2D eigenvalue weighted by atomic mass is 31.0. The summed E-state index contributed by atoms with van der Waals surface area (Å²) in [6.07, 6.45) is 12.6. The molecule has 0 heterocycles. The molecule has 0 amide bonds. The summed E-state index contributed by atoms with van der Waals surface area (Å²) in [5.41, 5.74) is 0. The van der Waals surface area contributed by atoms with Gasteiger partial charge in [-0.25, -0.2) is 0 Å². The molecule has 3 heteroatoms. The van der Waals surface area contributed by atoms with E-state index in [4.69, 9.17) is 4.74 Å². The van der Waals surface area contributed by atoms with Crippen molar-refractivity contribution >= 4 is 15.2 Å². The molecule has 0 radical (unpaired) electrons. The van der Waals surface area contributed by atoms with E-state index in [1.807, 2.05) is 0 Å². The quantitative estimate of drug-likeness (QED) is 0.314. The Labute approximate surface area is 109 Å². The lowest BCUT2D eigenvalue weighted by Gasteiger charge is -2.14. The number of carbonyl (C=O) groups excluding carboxylic acids is 1. The molecule has 2 atom stereocenters. The van der Waals surface area contributed by atoms with Crippen LogP contribution in [0.4, 0.5) is 0 Å². The number of carbonyl (C=O) groups is 1. The van der Waals surface area contributed by atoms with Gasteiger partial charge in [0.25, 0.3) is 0 Å². The fraction of sp³-hybridized carbons (Fsp3) is 0.929. The number of esters is 1. The van der Waals surface area contributed by atoms with Crippen LogP contribution < -0.4 is 0 Å². The first-order chi connectivity index (χ1) is 8.20. The summed E-state index contributed by atoms with van der Waals surface area (Å²) in [6, 6.07) is 0. The number of hydrogen-bond acceptors (Lipinski definition) is 2. The molecule has 0 spiro atoms. The first kappa shape index (κ1) is 16.9. The minimum Gasteiger partial charge on any atom is -0.462 e. The van der Waals surface area contributed by atoms with Gasteiger partial charge in [0.05, 0.1) is 0 Å². The molecule has 2 unspecified atom stereocenters. The number of unbranched alkanes of at least 4 members (excludes halogenated alkanes) is 7. The van der Waals surface area contributed by atoms with Crippen molar-refractivity contribution in [3.63, 3.8) is 0 Å². The van der Waals surface area contributed by atoms with E-state index < -0.39 is 0 Å². The summed E-state index contributed by atoms with van der Waals surface area (Å²) in [5.74, 6) is -0.156. The maximum absolute atomic E-state index is 10.8. The zero-order chi connectivity index (χ0) is 12.9. The second-order valence-electron chi connectivity index (χ2n) is 4.73. The lowest BCUT2D eigenvalue weighted by Crippen LogP contribution is -2.17. The van der Waals surface area contributed by atoms with Crippen molar-refractivity contribution in [1.82, 2.24) is 0 Å². The highest BCUT2D eigenvalue weighted by Crippen LogP contribution is 2.13. The molecule has 0 aromatic rings. The van der Waals surface area contributed by atoms with E-state index in [1.165, 1.54) is 58.3 Å². The van der Waals surface area contributed by atoms with Gasteiger partial charge < -0.3 is 4.74 Å². The molecule has 0 saturated carbocycles. The van der Waals surface area contributed by atoms with E-state index in [-0.39, 0.29) is 12.1 Å². The monoisotopic (exact) mass is 260 g/mol. The van der Waals surface area contributed by atoms with Crippen molar-refractivity contribution in [1.29, 1.82) is 0 Å². The predicted octanol–water partition coefficient (Wildman–Crippen LogP) is 4.32. The number of rotatable bonds is 11. The van der Waals surface area contributed by atoms with Crippen molar-refractivity contribution < 1.29 is 9.53 Å². The van der Waals surface area contributed by atoms with Gasteiger partial charge >= 0.3 is 5.97 Å². The predicted molar refractivity (Wildman–Crippen MR) is 77.4 cm³/mol. The Hall–Kier alpha value is -0.100. The van der Waals surface area contributed by atoms with Crippen LogP contribution in [0.5, 0.6) is 0 Å². The summed E-state index contributed by atoms with van der Waals surface area (Å²) < 4.78 is 5.20. The van der Waals surface area contributed by atoms with Crippen LogP contribution in [0.15, 0.2) is 0 Å². The molecule has 0 aromatic heterocycles. The lowest BCUT2D eigenvalue weighted by atomic mass is 10.1. The fourth-order valence-electron chi connectivity index (χ4n) is 1.97. The zero-order valence-electron chi connectivity index (χ0n) is 11.5. The van der Waals surface area contributed by atoms with Gasteiger partial charge in [-0.05, 0) is 19.0 Å². The summed E-state index contributed by atoms with van der Waals surface area (Å²) in [7, 11) is 2.66. The smallest absolute Gasteiger partial charge is 0.302 e. The molecule has 0 aromatic carbocycles. The van der Waals surface area contributed by atoms with Crippen LogP contribution in [0.25, 0.3) is 0 Å². The normalized spacial score (nSPS) is 12.4. The van der Waals surface area contributed by atoms with Crippen LogP contribution in [0.2, 0.25) is 0 Å². The van der Waals surface area contributed by atoms with Gasteiger partial charge in [0.15, 0.2) is 0 Å². The molecule has 0 fully saturated rings. The lowest BCUT2D eigenvalue weighted by molar-refractivity contribution is -0.145. The van der Waals surface area contributed by atoms with E-state index in [1.54, 1.807) is 0 Å². The Morgan fingerprint density at radius 2 is 1.59 bits per heavy atom. The molecule has 0 bridgehead atoms. The third kappa shape index (κ3) is 12.2. The summed E-state index contributed by atoms with van der Waals surface area (Å²) >= 11 is 0. The second-order valence-corrected chi connectivity index (χ2v) is 5.20. The Morgan fingerprint density at radius 3 is 2.06 bits per heavy atom. The first-order valence-electron chi connectivity index (χ1n) is 7.08. The van der Waals surface area contributed by atoms with Crippen LogP contribution in [0, 0.1) is 0 Å². The van der Waals surface area contributed by atoms with Gasteiger partial charge in [-0.15, -0.1) is 9.24 Å². The molecule has 0 aliphatic heterocycles. The topological polar surface area (TPSA) is 26.3 Å². The molecular weight excluding hydrogens is 231 g/mol. The Kier molecular flexibility index (Phi) is 12.3. The van der Waals surface area contributed by atoms with Crippen LogP contribution in [0.3, 0.4) is 0 Å². The first-order valence-corrected chi connectivity index (χ1v) is 7.89. The summed E-state index contributed by atoms with van der Waals surface area (Å²) in [6.45, 7) is 3.74. The Balaban J connectivity index is 3.28. The Morgan fingerprint density at radius 1 is 1.06 bits per heavy atom. The third-order valence-electron chi connectivity index (χ3n) is 2.98. The van der Waals surface area contributed by atoms with Gasteiger partial charge in [-0.3, -0.25) is 4.79 Å². The molecular formula is C14H29O2P. The van der Waals surface area contributed by atoms with Crippen LogP contribution in [-0.4, -0.2) is 18.2 Å². The van der Waals surface area contributed by atoms with Gasteiger partial charge in [-0.2, -0.15) is 0 Å². The van der Waals surface area contributed by atoms with E-state index in [0.717, 1.165) is 12.6 Å². The highest BCUT2D eigenvalue weighted by molar-refractivity contribution is 7.16. The Bertz CT molecular complexity index is 183. The molecule has 0 aliphatic rings. The molecule has 2 nitrogen and oxygen atoms in total. The number of hydrogen-bond donors (Lipinski definition) is 0. The number of ether oxygens (including phenoxy) is 1. The van der Waals surface area contributed by atoms with Crippen molar-refractivity contribution in [3.05, 3.63) is 0 Å². The van der Waals surface area contributed by atoms with E-state index in [2.05, 4.69) is 16.2 Å². The largest absolute Gasteiger partial charge is 0.462 e. The van der Waals surface area contributed by atoms with E-state index in [9.17, 15) is 4.79 Å². The zero-order valence-corrected chi connectivity index (χ0v) is 12.7. The van der Waals surface area contributed by atoms with Gasteiger partial charge in [-0.1, -0.05) is 51.9 Å². The minimum absolute atomic E-state index is 0.109. The van der Waals surface area contributed by atoms with Gasteiger partial charge in [0.2, 0.25) is 0 Å². The molecule has 0 rings (SSSR count). The third-order valence-corrected chi connectivity index (χ3v) is 3.50. The van der Waals surface area contributed by atoms with Crippen molar-refractivity contribution in [3.8, 4) is 0 Å². The molecule has 0 N–H and O–H groups in total. The second kappa shape index (κ2) is 12.4. The standard InChI is InChI=1S/C14H29O2P/c1-3-4-5-6-7-8-9-10-11-14(12-17)16-13(2)15/h14H,3-12,17H2,1-2H3. The van der Waals surface area contributed by atoms with Gasteiger partial charge in [0.1, 0.15) is 6.10 Å².